The van der Waals surface area contributed by atoms with Crippen molar-refractivity contribution in [3.05, 3.63) is 47.0 Å². The van der Waals surface area contributed by atoms with E-state index in [1.807, 2.05) is 13.3 Å². The van der Waals surface area contributed by atoms with Crippen molar-refractivity contribution < 1.29 is 0 Å². The summed E-state index contributed by atoms with van der Waals surface area (Å²) < 4.78 is 0. The van der Waals surface area contributed by atoms with Gasteiger partial charge in [0.05, 0.1) is 0 Å². The first-order valence-corrected chi connectivity index (χ1v) is 6.12. The Hall–Kier alpha value is -1.37. The quantitative estimate of drug-likeness (QED) is 0.688. The monoisotopic (exact) mass is 229 g/mol. The third-order valence-corrected chi connectivity index (χ3v) is 2.94. The summed E-state index contributed by atoms with van der Waals surface area (Å²) in [5.74, 6) is 0. The van der Waals surface area contributed by atoms with Crippen molar-refractivity contribution in [2.75, 3.05) is 7.05 Å². The molecule has 0 fully saturated rings. The Morgan fingerprint density at radius 1 is 1.24 bits per heavy atom. The van der Waals surface area contributed by atoms with E-state index in [0.717, 1.165) is 6.42 Å². The van der Waals surface area contributed by atoms with Gasteiger partial charge in [0, 0.05) is 13.3 Å². The maximum absolute atomic E-state index is 4.14. The second-order valence-electron chi connectivity index (χ2n) is 5.43. The fourth-order valence-electron chi connectivity index (χ4n) is 1.75. The Morgan fingerprint density at radius 2 is 1.88 bits per heavy atom. The van der Waals surface area contributed by atoms with Gasteiger partial charge < -0.3 is 0 Å². The molecule has 0 N–H and O–H groups in total. The minimum atomic E-state index is 0.155. The lowest BCUT2D eigenvalue weighted by Gasteiger charge is -2.20. The summed E-state index contributed by atoms with van der Waals surface area (Å²) in [4.78, 5) is 4.14. The number of aliphatic imine (C=N–C) groups is 1. The van der Waals surface area contributed by atoms with Crippen molar-refractivity contribution in [1.82, 2.24) is 0 Å². The van der Waals surface area contributed by atoms with Crippen LogP contribution in [0.1, 0.15) is 31.9 Å². The van der Waals surface area contributed by atoms with Crippen LogP contribution in [0.4, 0.5) is 0 Å². The van der Waals surface area contributed by atoms with E-state index < -0.39 is 0 Å². The van der Waals surface area contributed by atoms with Gasteiger partial charge in [0.25, 0.3) is 0 Å². The predicted octanol–water partition coefficient (Wildman–Crippen LogP) is 4.21. The smallest absolute Gasteiger partial charge is 0.0277 e. The van der Waals surface area contributed by atoms with E-state index in [-0.39, 0.29) is 5.41 Å². The third kappa shape index (κ3) is 4.18. The van der Waals surface area contributed by atoms with E-state index in [1.165, 1.54) is 16.7 Å². The molecule has 0 radical (unpaired) electrons. The second-order valence-corrected chi connectivity index (χ2v) is 5.43. The molecule has 0 aliphatic carbocycles. The van der Waals surface area contributed by atoms with Crippen LogP contribution in [0.25, 0.3) is 0 Å². The zero-order chi connectivity index (χ0) is 12.9. The number of hydrogen-bond donors (Lipinski definition) is 0. The molecule has 0 amide bonds. The van der Waals surface area contributed by atoms with Crippen LogP contribution in [-0.2, 0) is 6.42 Å². The van der Waals surface area contributed by atoms with E-state index in [0.29, 0.717) is 0 Å². The van der Waals surface area contributed by atoms with Gasteiger partial charge in [0.1, 0.15) is 0 Å². The zero-order valence-electron chi connectivity index (χ0n) is 11.6. The van der Waals surface area contributed by atoms with Gasteiger partial charge in [0.2, 0.25) is 0 Å². The summed E-state index contributed by atoms with van der Waals surface area (Å²) in [5.41, 5.74) is 4.19. The number of benzene rings is 1. The van der Waals surface area contributed by atoms with Crippen LogP contribution < -0.4 is 0 Å². The highest BCUT2D eigenvalue weighted by atomic mass is 14.6. The van der Waals surface area contributed by atoms with Crippen LogP contribution in [0.2, 0.25) is 0 Å². The summed E-state index contributed by atoms with van der Waals surface area (Å²) in [6, 6.07) is 8.53. The second kappa shape index (κ2) is 5.81. The molecular weight excluding hydrogens is 206 g/mol. The van der Waals surface area contributed by atoms with E-state index >= 15 is 0 Å². The lowest BCUT2D eigenvalue weighted by molar-refractivity contribution is 0.525. The number of hydrogen-bond acceptors (Lipinski definition) is 1. The molecule has 1 nitrogen and oxygen atoms in total. The maximum atomic E-state index is 4.14. The topological polar surface area (TPSA) is 12.4 Å². The van der Waals surface area contributed by atoms with Gasteiger partial charge in [-0.25, -0.2) is 0 Å². The molecule has 0 aliphatic heterocycles. The Balaban J connectivity index is 2.91. The van der Waals surface area contributed by atoms with Crippen LogP contribution in [0.5, 0.6) is 0 Å². The maximum Gasteiger partial charge on any atom is 0.0277 e. The van der Waals surface area contributed by atoms with Gasteiger partial charge in [-0.2, -0.15) is 0 Å². The first-order valence-electron chi connectivity index (χ1n) is 6.12. The normalized spacial score (nSPS) is 13.4. The molecule has 0 bridgehead atoms. The van der Waals surface area contributed by atoms with Crippen molar-refractivity contribution >= 4 is 6.21 Å². The van der Waals surface area contributed by atoms with Gasteiger partial charge in [-0.05, 0) is 35.5 Å². The summed E-state index contributed by atoms with van der Waals surface area (Å²) in [6.45, 7) is 8.82. The molecule has 0 saturated heterocycles. The first-order chi connectivity index (χ1) is 7.95. The largest absolute Gasteiger partial charge is 0.296 e. The van der Waals surface area contributed by atoms with Crippen molar-refractivity contribution in [2.45, 2.75) is 34.1 Å². The summed E-state index contributed by atoms with van der Waals surface area (Å²) in [5, 5.41) is 0. The molecule has 1 rings (SSSR count). The van der Waals surface area contributed by atoms with Gasteiger partial charge in [-0.3, -0.25) is 4.99 Å². The van der Waals surface area contributed by atoms with E-state index in [9.17, 15) is 0 Å². The van der Waals surface area contributed by atoms with E-state index in [1.54, 1.807) is 0 Å². The molecule has 1 heteroatoms. The van der Waals surface area contributed by atoms with E-state index in [2.05, 4.69) is 63.0 Å². The molecule has 0 heterocycles. The molecule has 1 aromatic rings. The van der Waals surface area contributed by atoms with Crippen molar-refractivity contribution in [2.24, 2.45) is 10.4 Å². The molecular formula is C16H23N. The predicted molar refractivity (Wildman–Crippen MR) is 76.8 cm³/mol. The fourth-order valence-corrected chi connectivity index (χ4v) is 1.75. The van der Waals surface area contributed by atoms with Crippen molar-refractivity contribution in [3.8, 4) is 0 Å². The molecule has 0 spiro atoms. The zero-order valence-corrected chi connectivity index (χ0v) is 11.6. The highest BCUT2D eigenvalue weighted by Gasteiger charge is 2.14. The Morgan fingerprint density at radius 3 is 2.41 bits per heavy atom. The van der Waals surface area contributed by atoms with Gasteiger partial charge in [-0.15, -0.1) is 0 Å². The van der Waals surface area contributed by atoms with Crippen LogP contribution in [0.3, 0.4) is 0 Å². The Kier molecular flexibility index (Phi) is 4.68. The van der Waals surface area contributed by atoms with Crippen LogP contribution in [0.15, 0.2) is 40.9 Å². The average Bonchev–Trinajstić information content (AvgIpc) is 2.24. The van der Waals surface area contributed by atoms with Gasteiger partial charge >= 0.3 is 0 Å². The van der Waals surface area contributed by atoms with Crippen LogP contribution in [0, 0.1) is 12.3 Å². The molecule has 17 heavy (non-hydrogen) atoms. The Labute approximate surface area is 105 Å². The molecule has 92 valence electrons. The average molecular weight is 229 g/mol. The highest BCUT2D eigenvalue weighted by Crippen LogP contribution is 2.24. The number of allylic oxidation sites excluding steroid dienone is 2. The number of aryl methyl sites for hydroxylation is 1. The molecule has 0 aromatic heterocycles. The fraction of sp³-hybridized carbons (Fsp3) is 0.438. The third-order valence-electron chi connectivity index (χ3n) is 2.94. The minimum Gasteiger partial charge on any atom is -0.296 e. The molecule has 1 aromatic carbocycles. The molecule has 0 aliphatic rings. The minimum absolute atomic E-state index is 0.155. The van der Waals surface area contributed by atoms with Gasteiger partial charge in [0.15, 0.2) is 0 Å². The van der Waals surface area contributed by atoms with Gasteiger partial charge in [-0.1, -0.05) is 51.1 Å². The molecule has 0 atom stereocenters. The number of nitrogens with zero attached hydrogens (tertiary/aromatic N) is 1. The standard InChI is InChI=1S/C16H23N/c1-13-8-6-7-9-14(13)10-11-15(12-17-5)16(2,3)4/h6-9,11-12H,10H2,1-5H3/b15-11+,17-12?. The molecule has 0 unspecified atom stereocenters. The van der Waals surface area contributed by atoms with Crippen LogP contribution in [-0.4, -0.2) is 13.3 Å². The van der Waals surface area contributed by atoms with Crippen molar-refractivity contribution in [3.63, 3.8) is 0 Å². The number of rotatable bonds is 3. The lowest BCUT2D eigenvalue weighted by Crippen LogP contribution is -2.11. The van der Waals surface area contributed by atoms with Crippen molar-refractivity contribution in [1.29, 1.82) is 0 Å². The SMILES string of the molecule is CN=C/C(=C\Cc1ccccc1C)C(C)(C)C. The summed E-state index contributed by atoms with van der Waals surface area (Å²) in [6.07, 6.45) is 5.24. The molecule has 0 saturated carbocycles. The van der Waals surface area contributed by atoms with Crippen LogP contribution >= 0.6 is 0 Å². The summed E-state index contributed by atoms with van der Waals surface area (Å²) >= 11 is 0. The lowest BCUT2D eigenvalue weighted by atomic mass is 9.86. The summed E-state index contributed by atoms with van der Waals surface area (Å²) in [7, 11) is 1.83. The Bertz CT molecular complexity index is 419. The first kappa shape index (κ1) is 13.7. The van der Waals surface area contributed by atoms with E-state index in [4.69, 9.17) is 0 Å². The highest BCUT2D eigenvalue weighted by molar-refractivity contribution is 5.80.